The molecule has 0 aliphatic carbocycles. The molecule has 0 unspecified atom stereocenters. The molecule has 0 atom stereocenters. The van der Waals surface area contributed by atoms with Crippen molar-refractivity contribution in [3.63, 3.8) is 0 Å². The number of nitrogens with zero attached hydrogens (tertiary/aromatic N) is 4. The highest BCUT2D eigenvalue weighted by molar-refractivity contribution is 5.94. The van der Waals surface area contributed by atoms with Gasteiger partial charge in [0.1, 0.15) is 18.2 Å². The fourth-order valence-electron chi connectivity index (χ4n) is 3.17. The predicted octanol–water partition coefficient (Wildman–Crippen LogP) is 1.75. The number of anilines is 1. The van der Waals surface area contributed by atoms with E-state index in [-0.39, 0.29) is 24.3 Å². The van der Waals surface area contributed by atoms with Crippen molar-refractivity contribution in [3.8, 4) is 0 Å². The van der Waals surface area contributed by atoms with E-state index in [4.69, 9.17) is 0 Å². The SMILES string of the molecule is O=C(Cn1nc2ccccn2c1=O)N1CCCc2c(F)ccc(F)c21. The number of amides is 1. The highest BCUT2D eigenvalue weighted by Gasteiger charge is 2.28. The number of hydrogen-bond acceptors (Lipinski definition) is 3. The van der Waals surface area contributed by atoms with Gasteiger partial charge in [0.25, 0.3) is 0 Å². The summed E-state index contributed by atoms with van der Waals surface area (Å²) >= 11 is 0. The summed E-state index contributed by atoms with van der Waals surface area (Å²) in [6, 6.07) is 7.13. The van der Waals surface area contributed by atoms with E-state index >= 15 is 0 Å². The van der Waals surface area contributed by atoms with Gasteiger partial charge in [-0.3, -0.25) is 9.20 Å². The number of pyridine rings is 1. The van der Waals surface area contributed by atoms with Gasteiger partial charge in [0.2, 0.25) is 5.91 Å². The lowest BCUT2D eigenvalue weighted by atomic mass is 10.0. The van der Waals surface area contributed by atoms with Crippen LogP contribution in [-0.4, -0.2) is 26.6 Å². The Kier molecular flexibility index (Phi) is 3.60. The summed E-state index contributed by atoms with van der Waals surface area (Å²) in [5.74, 6) is -1.68. The molecule has 8 heteroatoms. The molecule has 128 valence electrons. The van der Waals surface area contributed by atoms with Crippen LogP contribution in [0.1, 0.15) is 12.0 Å². The Bertz CT molecular complexity index is 1040. The minimum atomic E-state index is -0.646. The Balaban J connectivity index is 1.70. The number of carbonyl (C=O) groups excluding carboxylic acids is 1. The summed E-state index contributed by atoms with van der Waals surface area (Å²) < 4.78 is 30.5. The molecule has 0 saturated heterocycles. The van der Waals surface area contributed by atoms with Crippen LogP contribution in [0.25, 0.3) is 5.65 Å². The lowest BCUT2D eigenvalue weighted by Crippen LogP contribution is -2.40. The second-order valence-electron chi connectivity index (χ2n) is 5.87. The summed E-state index contributed by atoms with van der Waals surface area (Å²) in [5.41, 5.74) is 0.118. The molecule has 0 radical (unpaired) electrons. The summed E-state index contributed by atoms with van der Waals surface area (Å²) in [7, 11) is 0. The molecular weight excluding hydrogens is 330 g/mol. The van der Waals surface area contributed by atoms with E-state index in [1.807, 2.05) is 0 Å². The van der Waals surface area contributed by atoms with Crippen molar-refractivity contribution in [1.82, 2.24) is 14.2 Å². The Labute approximate surface area is 140 Å². The first-order chi connectivity index (χ1) is 12.1. The van der Waals surface area contributed by atoms with Gasteiger partial charge < -0.3 is 4.90 Å². The van der Waals surface area contributed by atoms with Crippen molar-refractivity contribution < 1.29 is 13.6 Å². The first kappa shape index (κ1) is 15.5. The number of aromatic nitrogens is 3. The van der Waals surface area contributed by atoms with E-state index in [0.717, 1.165) is 16.8 Å². The van der Waals surface area contributed by atoms with E-state index in [2.05, 4.69) is 5.10 Å². The first-order valence-corrected chi connectivity index (χ1v) is 7.87. The average Bonchev–Trinajstić information content (AvgIpc) is 2.94. The average molecular weight is 344 g/mol. The fraction of sp³-hybridized carbons (Fsp3) is 0.235. The molecule has 4 rings (SSSR count). The molecule has 0 spiro atoms. The van der Waals surface area contributed by atoms with Crippen molar-refractivity contribution in [1.29, 1.82) is 0 Å². The first-order valence-electron chi connectivity index (χ1n) is 7.87. The standard InChI is InChI=1S/C17H14F2N4O2/c18-12-6-7-13(19)16-11(12)4-3-9-22(16)15(24)10-23-17(25)21-8-2-1-5-14(21)20-23/h1-2,5-8H,3-4,9-10H2. The van der Waals surface area contributed by atoms with Gasteiger partial charge in [-0.2, -0.15) is 0 Å². The molecular formula is C17H14F2N4O2. The van der Waals surface area contributed by atoms with Crippen molar-refractivity contribution in [3.05, 3.63) is 64.2 Å². The molecule has 3 heterocycles. The molecule has 1 aromatic carbocycles. The van der Waals surface area contributed by atoms with Crippen LogP contribution in [0.4, 0.5) is 14.5 Å². The Morgan fingerprint density at radius 1 is 1.16 bits per heavy atom. The third kappa shape index (κ3) is 2.50. The van der Waals surface area contributed by atoms with Crippen molar-refractivity contribution in [2.24, 2.45) is 0 Å². The second-order valence-corrected chi connectivity index (χ2v) is 5.87. The van der Waals surface area contributed by atoms with Crippen molar-refractivity contribution >= 4 is 17.2 Å². The van der Waals surface area contributed by atoms with E-state index in [9.17, 15) is 18.4 Å². The quantitative estimate of drug-likeness (QED) is 0.712. The van der Waals surface area contributed by atoms with Gasteiger partial charge in [0.15, 0.2) is 5.65 Å². The highest BCUT2D eigenvalue weighted by atomic mass is 19.1. The van der Waals surface area contributed by atoms with Crippen LogP contribution in [0.15, 0.2) is 41.3 Å². The van der Waals surface area contributed by atoms with Gasteiger partial charge in [-0.25, -0.2) is 18.3 Å². The van der Waals surface area contributed by atoms with E-state index in [1.54, 1.807) is 24.4 Å². The normalized spacial score (nSPS) is 13.9. The van der Waals surface area contributed by atoms with Gasteiger partial charge in [-0.1, -0.05) is 6.07 Å². The number of hydrogen-bond donors (Lipinski definition) is 0. The number of halogens is 2. The second kappa shape index (κ2) is 5.80. The topological polar surface area (TPSA) is 59.6 Å². The fourth-order valence-corrected chi connectivity index (χ4v) is 3.17. The van der Waals surface area contributed by atoms with Gasteiger partial charge >= 0.3 is 5.69 Å². The molecule has 0 N–H and O–H groups in total. The zero-order valence-corrected chi connectivity index (χ0v) is 13.2. The summed E-state index contributed by atoms with van der Waals surface area (Å²) in [4.78, 5) is 26.1. The largest absolute Gasteiger partial charge is 0.350 e. The number of benzene rings is 1. The molecule has 0 bridgehead atoms. The summed E-state index contributed by atoms with van der Waals surface area (Å²) in [6.45, 7) is -0.0652. The smallest absolute Gasteiger partial charge is 0.308 e. The lowest BCUT2D eigenvalue weighted by Gasteiger charge is -2.30. The zero-order chi connectivity index (χ0) is 17.6. The highest BCUT2D eigenvalue weighted by Crippen LogP contribution is 2.32. The maximum atomic E-state index is 14.2. The molecule has 1 aliphatic rings. The molecule has 2 aromatic heterocycles. The molecule has 1 amide bonds. The summed E-state index contributed by atoms with van der Waals surface area (Å²) in [6.07, 6.45) is 2.45. The van der Waals surface area contributed by atoms with E-state index in [0.29, 0.717) is 18.5 Å². The van der Waals surface area contributed by atoms with Gasteiger partial charge in [-0.05, 0) is 37.1 Å². The van der Waals surface area contributed by atoms with Crippen molar-refractivity contribution in [2.45, 2.75) is 19.4 Å². The van der Waals surface area contributed by atoms with Crippen LogP contribution >= 0.6 is 0 Å². The molecule has 25 heavy (non-hydrogen) atoms. The Morgan fingerprint density at radius 3 is 2.76 bits per heavy atom. The van der Waals surface area contributed by atoms with Crippen LogP contribution in [-0.2, 0) is 17.8 Å². The third-order valence-electron chi connectivity index (χ3n) is 4.33. The Morgan fingerprint density at radius 2 is 1.96 bits per heavy atom. The summed E-state index contributed by atoms with van der Waals surface area (Å²) in [5, 5.41) is 4.09. The number of carbonyl (C=O) groups is 1. The molecule has 0 fully saturated rings. The molecule has 1 aliphatic heterocycles. The minimum Gasteiger partial charge on any atom is -0.308 e. The maximum absolute atomic E-state index is 14.2. The maximum Gasteiger partial charge on any atom is 0.350 e. The molecule has 3 aromatic rings. The van der Waals surface area contributed by atoms with Gasteiger partial charge in [0.05, 0.1) is 5.69 Å². The van der Waals surface area contributed by atoms with Crippen LogP contribution in [0.5, 0.6) is 0 Å². The number of fused-ring (bicyclic) bond motifs is 2. The lowest BCUT2D eigenvalue weighted by molar-refractivity contribution is -0.119. The predicted molar refractivity (Wildman–Crippen MR) is 86.5 cm³/mol. The Hall–Kier alpha value is -3.03. The number of rotatable bonds is 2. The van der Waals surface area contributed by atoms with E-state index in [1.165, 1.54) is 9.30 Å². The van der Waals surface area contributed by atoms with Gasteiger partial charge in [-0.15, -0.1) is 5.10 Å². The third-order valence-corrected chi connectivity index (χ3v) is 4.33. The van der Waals surface area contributed by atoms with Gasteiger partial charge in [0, 0.05) is 18.3 Å². The van der Waals surface area contributed by atoms with Crippen LogP contribution in [0.3, 0.4) is 0 Å². The minimum absolute atomic E-state index is 0.0342. The monoisotopic (exact) mass is 344 g/mol. The van der Waals surface area contributed by atoms with Crippen LogP contribution in [0, 0.1) is 11.6 Å². The van der Waals surface area contributed by atoms with E-state index < -0.39 is 23.2 Å². The molecule has 6 nitrogen and oxygen atoms in total. The zero-order valence-electron chi connectivity index (χ0n) is 13.2. The van der Waals surface area contributed by atoms with Crippen LogP contribution < -0.4 is 10.6 Å². The van der Waals surface area contributed by atoms with Crippen molar-refractivity contribution in [2.75, 3.05) is 11.4 Å². The van der Waals surface area contributed by atoms with Crippen LogP contribution in [0.2, 0.25) is 0 Å². The molecule has 0 saturated carbocycles.